The van der Waals surface area contributed by atoms with Crippen molar-refractivity contribution < 1.29 is 4.79 Å². The lowest BCUT2D eigenvalue weighted by atomic mass is 10.1. The van der Waals surface area contributed by atoms with Gasteiger partial charge in [0.1, 0.15) is 17.7 Å². The van der Waals surface area contributed by atoms with Crippen LogP contribution >= 0.6 is 22.9 Å². The Balaban J connectivity index is 1.36. The Morgan fingerprint density at radius 1 is 1.16 bits per heavy atom. The summed E-state index contributed by atoms with van der Waals surface area (Å²) < 4.78 is 2.69. The van der Waals surface area contributed by atoms with Crippen molar-refractivity contribution in [2.24, 2.45) is 0 Å². The molecule has 0 atom stereocenters. The molecule has 0 bridgehead atoms. The highest BCUT2D eigenvalue weighted by Gasteiger charge is 2.21. The normalized spacial score (nSPS) is 14.0. The molecule has 7 nitrogen and oxygen atoms in total. The number of fused-ring (bicyclic) bond motifs is 5. The second-order valence-electron chi connectivity index (χ2n) is 7.85. The lowest BCUT2D eigenvalue weighted by Gasteiger charge is -2.05. The Kier molecular flexibility index (Phi) is 5.50. The van der Waals surface area contributed by atoms with Crippen LogP contribution in [0.5, 0.6) is 0 Å². The van der Waals surface area contributed by atoms with Gasteiger partial charge in [0.25, 0.3) is 0 Å². The van der Waals surface area contributed by atoms with Crippen LogP contribution in [-0.2, 0) is 30.6 Å². The Hall–Kier alpha value is -2.71. The topological polar surface area (TPSA) is 81.3 Å². The maximum atomic E-state index is 12.8. The highest BCUT2D eigenvalue weighted by molar-refractivity contribution is 7.19. The second kappa shape index (κ2) is 8.43. The van der Waals surface area contributed by atoms with E-state index in [1.165, 1.54) is 38.7 Å². The lowest BCUT2D eigenvalue weighted by Crippen LogP contribution is -2.33. The van der Waals surface area contributed by atoms with Gasteiger partial charge in [-0.1, -0.05) is 30.2 Å². The Morgan fingerprint density at radius 2 is 1.97 bits per heavy atom. The van der Waals surface area contributed by atoms with Crippen molar-refractivity contribution in [1.82, 2.24) is 24.5 Å². The minimum atomic E-state index is -0.342. The van der Waals surface area contributed by atoms with Crippen LogP contribution in [0.15, 0.2) is 35.4 Å². The molecule has 5 rings (SSSR count). The fourth-order valence-electron chi connectivity index (χ4n) is 4.15. The van der Waals surface area contributed by atoms with E-state index in [9.17, 15) is 9.59 Å². The van der Waals surface area contributed by atoms with Gasteiger partial charge in [0.15, 0.2) is 5.65 Å². The Labute approximate surface area is 187 Å². The summed E-state index contributed by atoms with van der Waals surface area (Å²) in [5, 5.41) is 9.05. The number of thiophene rings is 1. The number of benzene rings is 1. The van der Waals surface area contributed by atoms with Gasteiger partial charge in [0.2, 0.25) is 5.91 Å². The molecule has 1 aliphatic rings. The first-order valence-electron chi connectivity index (χ1n) is 10.5. The summed E-state index contributed by atoms with van der Waals surface area (Å²) in [4.78, 5) is 32.0. The maximum absolute atomic E-state index is 12.8. The highest BCUT2D eigenvalue weighted by Crippen LogP contribution is 2.35. The van der Waals surface area contributed by atoms with Crippen LogP contribution in [-0.4, -0.2) is 31.6 Å². The van der Waals surface area contributed by atoms with Gasteiger partial charge >= 0.3 is 5.69 Å². The van der Waals surface area contributed by atoms with Gasteiger partial charge in [-0.15, -0.1) is 16.4 Å². The summed E-state index contributed by atoms with van der Waals surface area (Å²) >= 11 is 7.60. The number of rotatable bonds is 5. The Bertz CT molecular complexity index is 1320. The summed E-state index contributed by atoms with van der Waals surface area (Å²) in [6.07, 6.45) is 7.81. The molecule has 1 amide bonds. The van der Waals surface area contributed by atoms with E-state index >= 15 is 0 Å². The third kappa shape index (κ3) is 3.97. The molecular formula is C22H22ClN5O2S. The van der Waals surface area contributed by atoms with Gasteiger partial charge in [-0.25, -0.2) is 18.9 Å². The number of aryl methyl sites for hydroxylation is 2. The molecule has 0 radical (unpaired) electrons. The van der Waals surface area contributed by atoms with Gasteiger partial charge in [0.05, 0.1) is 5.39 Å². The van der Waals surface area contributed by atoms with Gasteiger partial charge in [0, 0.05) is 16.4 Å². The monoisotopic (exact) mass is 455 g/mol. The predicted molar refractivity (Wildman–Crippen MR) is 122 cm³/mol. The quantitative estimate of drug-likeness (QED) is 0.468. The molecule has 1 aliphatic carbocycles. The van der Waals surface area contributed by atoms with E-state index in [-0.39, 0.29) is 18.1 Å². The van der Waals surface area contributed by atoms with Crippen molar-refractivity contribution in [3.63, 3.8) is 0 Å². The van der Waals surface area contributed by atoms with E-state index < -0.39 is 0 Å². The molecule has 0 spiro atoms. The number of amides is 1. The van der Waals surface area contributed by atoms with Gasteiger partial charge < -0.3 is 5.32 Å². The van der Waals surface area contributed by atoms with Crippen molar-refractivity contribution >= 4 is 44.7 Å². The summed E-state index contributed by atoms with van der Waals surface area (Å²) in [5.74, 6) is -0.243. The molecule has 4 aromatic rings. The number of halogens is 1. The molecule has 0 aliphatic heterocycles. The standard InChI is InChI=1S/C22H22ClN5O2S/c23-15-8-6-14(7-9-15)10-11-24-18(29)12-28-22(30)27-13-25-21-19(20(27)26-28)16-4-2-1-3-5-17(16)31-21/h6-9,13H,1-5,10-12H2,(H,24,29). The van der Waals surface area contributed by atoms with Crippen molar-refractivity contribution in [3.8, 4) is 0 Å². The van der Waals surface area contributed by atoms with Crippen molar-refractivity contribution in [2.75, 3.05) is 6.54 Å². The van der Waals surface area contributed by atoms with E-state index in [0.717, 1.165) is 35.0 Å². The van der Waals surface area contributed by atoms with E-state index in [1.54, 1.807) is 11.3 Å². The number of carbonyl (C=O) groups is 1. The first-order chi connectivity index (χ1) is 15.1. The van der Waals surface area contributed by atoms with Crippen molar-refractivity contribution in [2.45, 2.75) is 45.1 Å². The van der Waals surface area contributed by atoms with Crippen LogP contribution in [0, 0.1) is 0 Å². The smallest absolute Gasteiger partial charge is 0.352 e. The molecule has 0 fully saturated rings. The molecule has 9 heteroatoms. The van der Waals surface area contributed by atoms with Crippen LogP contribution in [0.25, 0.3) is 15.9 Å². The second-order valence-corrected chi connectivity index (χ2v) is 9.37. The van der Waals surface area contributed by atoms with E-state index in [1.807, 2.05) is 24.3 Å². The van der Waals surface area contributed by atoms with Crippen LogP contribution in [0.1, 0.15) is 35.3 Å². The highest BCUT2D eigenvalue weighted by atomic mass is 35.5. The minimum Gasteiger partial charge on any atom is -0.354 e. The van der Waals surface area contributed by atoms with E-state index in [4.69, 9.17) is 11.6 Å². The fourth-order valence-corrected chi connectivity index (χ4v) is 5.50. The number of carbonyl (C=O) groups excluding carboxylic acids is 1. The van der Waals surface area contributed by atoms with Crippen molar-refractivity contribution in [3.05, 3.63) is 62.1 Å². The summed E-state index contributed by atoms with van der Waals surface area (Å²) in [6, 6.07) is 7.52. The molecule has 3 heterocycles. The zero-order valence-electron chi connectivity index (χ0n) is 16.9. The minimum absolute atomic E-state index is 0.116. The number of nitrogens with zero attached hydrogens (tertiary/aromatic N) is 4. The SMILES string of the molecule is O=C(Cn1nc2c3c4c(sc3ncn2c1=O)CCCCC4)NCCc1ccc(Cl)cc1. The van der Waals surface area contributed by atoms with E-state index in [0.29, 0.717) is 23.6 Å². The number of aromatic nitrogens is 4. The van der Waals surface area contributed by atoms with Gasteiger partial charge in [-0.05, 0) is 55.4 Å². The first-order valence-corrected chi connectivity index (χ1v) is 11.7. The van der Waals surface area contributed by atoms with Gasteiger partial charge in [-0.2, -0.15) is 0 Å². The zero-order chi connectivity index (χ0) is 21.4. The summed E-state index contributed by atoms with van der Waals surface area (Å²) in [5.41, 5.74) is 2.62. The third-order valence-electron chi connectivity index (χ3n) is 5.73. The third-order valence-corrected chi connectivity index (χ3v) is 7.18. The van der Waals surface area contributed by atoms with E-state index in [2.05, 4.69) is 15.4 Å². The first kappa shape index (κ1) is 20.2. The van der Waals surface area contributed by atoms with Crippen LogP contribution in [0.3, 0.4) is 0 Å². The maximum Gasteiger partial charge on any atom is 0.352 e. The molecule has 1 N–H and O–H groups in total. The molecule has 0 saturated carbocycles. The molecule has 31 heavy (non-hydrogen) atoms. The largest absolute Gasteiger partial charge is 0.354 e. The average Bonchev–Trinajstić information content (AvgIpc) is 3.16. The molecule has 160 valence electrons. The molecule has 1 aromatic carbocycles. The molecule has 0 saturated heterocycles. The van der Waals surface area contributed by atoms with Crippen molar-refractivity contribution in [1.29, 1.82) is 0 Å². The molecular weight excluding hydrogens is 434 g/mol. The average molecular weight is 456 g/mol. The predicted octanol–water partition coefficient (Wildman–Crippen LogP) is 3.39. The van der Waals surface area contributed by atoms with Crippen LogP contribution in [0.4, 0.5) is 0 Å². The van der Waals surface area contributed by atoms with Crippen LogP contribution in [0.2, 0.25) is 5.02 Å². The molecule has 0 unspecified atom stereocenters. The van der Waals surface area contributed by atoms with Crippen LogP contribution < -0.4 is 11.0 Å². The molecule has 3 aromatic heterocycles. The lowest BCUT2D eigenvalue weighted by molar-refractivity contribution is -0.121. The summed E-state index contributed by atoms with van der Waals surface area (Å²) in [7, 11) is 0. The number of nitrogens with one attached hydrogen (secondary N) is 1. The number of hydrogen-bond acceptors (Lipinski definition) is 5. The number of hydrogen-bond donors (Lipinski definition) is 1. The Morgan fingerprint density at radius 3 is 2.81 bits per heavy atom. The fraction of sp³-hybridized carbons (Fsp3) is 0.364. The zero-order valence-corrected chi connectivity index (χ0v) is 18.5. The summed E-state index contributed by atoms with van der Waals surface area (Å²) in [6.45, 7) is 0.362. The van der Waals surface area contributed by atoms with Gasteiger partial charge in [-0.3, -0.25) is 4.79 Å².